The topological polar surface area (TPSA) is 114 Å². The molecule has 1 aromatic rings. The Morgan fingerprint density at radius 1 is 1.00 bits per heavy atom. The van der Waals surface area contributed by atoms with Gasteiger partial charge in [0.2, 0.25) is 0 Å². The van der Waals surface area contributed by atoms with Crippen LogP contribution in [0.1, 0.15) is 45.0 Å². The van der Waals surface area contributed by atoms with Gasteiger partial charge in [-0.15, -0.1) is 0 Å². The molecule has 0 heterocycles. The van der Waals surface area contributed by atoms with Gasteiger partial charge in [0.15, 0.2) is 6.10 Å². The quantitative estimate of drug-likeness (QED) is 0.684. The Kier molecular flexibility index (Phi) is 7.30. The summed E-state index contributed by atoms with van der Waals surface area (Å²) in [4.78, 5) is 47.6. The van der Waals surface area contributed by atoms with E-state index in [1.54, 1.807) is 51.1 Å². The molecule has 8 nitrogen and oxygen atoms in total. The SMILES string of the molecule is CC(OC(=O)[C@H](C)NC(=O)c1ccccc1)C(=O)NC(=O)NC(C)(C)C. The van der Waals surface area contributed by atoms with E-state index in [-0.39, 0.29) is 0 Å². The average Bonchev–Trinajstić information content (AvgIpc) is 2.53. The minimum Gasteiger partial charge on any atom is -0.451 e. The van der Waals surface area contributed by atoms with Crippen molar-refractivity contribution in [2.24, 2.45) is 0 Å². The van der Waals surface area contributed by atoms with Crippen LogP contribution < -0.4 is 16.0 Å². The molecule has 4 amide bonds. The standard InChI is InChI=1S/C18H25N3O5/c1-11(19-15(23)13-9-7-6-8-10-13)16(24)26-12(2)14(22)20-17(25)21-18(3,4)5/h6-12H,1-5H3,(H,19,23)(H2,20,21,22,25)/t11-,12?/m0/s1. The summed E-state index contributed by atoms with van der Waals surface area (Å²) >= 11 is 0. The molecule has 1 unspecified atom stereocenters. The van der Waals surface area contributed by atoms with Crippen molar-refractivity contribution in [3.05, 3.63) is 35.9 Å². The van der Waals surface area contributed by atoms with Gasteiger partial charge in [-0.1, -0.05) is 18.2 Å². The molecule has 0 spiro atoms. The second-order valence-corrected chi connectivity index (χ2v) is 6.83. The summed E-state index contributed by atoms with van der Waals surface area (Å²) in [6.07, 6.45) is -1.19. The van der Waals surface area contributed by atoms with E-state index in [2.05, 4.69) is 16.0 Å². The van der Waals surface area contributed by atoms with E-state index in [4.69, 9.17) is 4.74 Å². The van der Waals surface area contributed by atoms with Crippen LogP contribution in [0.3, 0.4) is 0 Å². The van der Waals surface area contributed by atoms with Crippen LogP contribution in [0.25, 0.3) is 0 Å². The molecule has 8 heteroatoms. The minimum atomic E-state index is -1.19. The minimum absolute atomic E-state index is 0.400. The lowest BCUT2D eigenvalue weighted by Crippen LogP contribution is -2.51. The van der Waals surface area contributed by atoms with E-state index in [0.29, 0.717) is 5.56 Å². The van der Waals surface area contributed by atoms with Gasteiger partial charge in [0.05, 0.1) is 0 Å². The number of ether oxygens (including phenoxy) is 1. The molecule has 142 valence electrons. The Hall–Kier alpha value is -2.90. The van der Waals surface area contributed by atoms with Gasteiger partial charge in [0.1, 0.15) is 6.04 Å². The van der Waals surface area contributed by atoms with Crippen LogP contribution in [0.5, 0.6) is 0 Å². The highest BCUT2D eigenvalue weighted by Gasteiger charge is 2.25. The molecule has 26 heavy (non-hydrogen) atoms. The number of nitrogens with one attached hydrogen (secondary N) is 3. The van der Waals surface area contributed by atoms with Gasteiger partial charge in [0, 0.05) is 11.1 Å². The summed E-state index contributed by atoms with van der Waals surface area (Å²) in [5.41, 5.74) is -0.114. The summed E-state index contributed by atoms with van der Waals surface area (Å²) in [6.45, 7) is 8.07. The molecule has 1 aromatic carbocycles. The Balaban J connectivity index is 2.51. The number of hydrogen-bond acceptors (Lipinski definition) is 5. The van der Waals surface area contributed by atoms with Crippen LogP contribution in [-0.2, 0) is 14.3 Å². The predicted octanol–water partition coefficient (Wildman–Crippen LogP) is 1.36. The Morgan fingerprint density at radius 3 is 2.12 bits per heavy atom. The molecule has 0 saturated heterocycles. The number of urea groups is 1. The van der Waals surface area contributed by atoms with E-state index in [9.17, 15) is 19.2 Å². The Labute approximate surface area is 152 Å². The second kappa shape index (κ2) is 8.98. The smallest absolute Gasteiger partial charge is 0.329 e. The lowest BCUT2D eigenvalue weighted by Gasteiger charge is -2.21. The van der Waals surface area contributed by atoms with Gasteiger partial charge >= 0.3 is 12.0 Å². The van der Waals surface area contributed by atoms with Crippen molar-refractivity contribution in [1.82, 2.24) is 16.0 Å². The average molecular weight is 363 g/mol. The molecule has 0 fully saturated rings. The first-order chi connectivity index (χ1) is 12.0. The van der Waals surface area contributed by atoms with Crippen LogP contribution in [0.4, 0.5) is 4.79 Å². The first-order valence-electron chi connectivity index (χ1n) is 8.19. The number of hydrogen-bond donors (Lipinski definition) is 3. The number of carbonyl (C=O) groups is 4. The lowest BCUT2D eigenvalue weighted by molar-refractivity contribution is -0.155. The fourth-order valence-electron chi connectivity index (χ4n) is 1.84. The highest BCUT2D eigenvalue weighted by atomic mass is 16.5. The zero-order chi connectivity index (χ0) is 19.9. The number of imide groups is 1. The van der Waals surface area contributed by atoms with Crippen molar-refractivity contribution < 1.29 is 23.9 Å². The molecule has 0 aromatic heterocycles. The highest BCUT2D eigenvalue weighted by Crippen LogP contribution is 2.02. The summed E-state index contributed by atoms with van der Waals surface area (Å²) in [6, 6.07) is 6.75. The van der Waals surface area contributed by atoms with Crippen LogP contribution >= 0.6 is 0 Å². The second-order valence-electron chi connectivity index (χ2n) is 6.83. The van der Waals surface area contributed by atoms with Crippen molar-refractivity contribution in [1.29, 1.82) is 0 Å². The monoisotopic (exact) mass is 363 g/mol. The third-order valence-corrected chi connectivity index (χ3v) is 3.12. The summed E-state index contributed by atoms with van der Waals surface area (Å²) in [7, 11) is 0. The molecule has 0 radical (unpaired) electrons. The van der Waals surface area contributed by atoms with Crippen molar-refractivity contribution in [3.63, 3.8) is 0 Å². The van der Waals surface area contributed by atoms with Crippen molar-refractivity contribution in [3.8, 4) is 0 Å². The van der Waals surface area contributed by atoms with Gasteiger partial charge in [-0.2, -0.15) is 0 Å². The van der Waals surface area contributed by atoms with Gasteiger partial charge in [-0.25, -0.2) is 9.59 Å². The van der Waals surface area contributed by atoms with Crippen LogP contribution in [0.15, 0.2) is 30.3 Å². The molecule has 3 N–H and O–H groups in total. The van der Waals surface area contributed by atoms with Crippen LogP contribution in [0, 0.1) is 0 Å². The maximum Gasteiger partial charge on any atom is 0.329 e. The molecule has 0 aliphatic carbocycles. The van der Waals surface area contributed by atoms with Crippen LogP contribution in [-0.4, -0.2) is 41.5 Å². The van der Waals surface area contributed by atoms with E-state index in [1.165, 1.54) is 13.8 Å². The highest BCUT2D eigenvalue weighted by molar-refractivity contribution is 5.98. The summed E-state index contributed by atoms with van der Waals surface area (Å²) in [5, 5.41) is 7.14. The zero-order valence-electron chi connectivity index (χ0n) is 15.6. The molecule has 0 saturated carbocycles. The van der Waals surface area contributed by atoms with E-state index >= 15 is 0 Å². The normalized spacial score (nSPS) is 13.1. The largest absolute Gasteiger partial charge is 0.451 e. The third kappa shape index (κ3) is 7.33. The van der Waals surface area contributed by atoms with Crippen molar-refractivity contribution in [2.45, 2.75) is 52.3 Å². The van der Waals surface area contributed by atoms with Crippen molar-refractivity contribution in [2.75, 3.05) is 0 Å². The Morgan fingerprint density at radius 2 is 1.58 bits per heavy atom. The van der Waals surface area contributed by atoms with Crippen molar-refractivity contribution >= 4 is 23.8 Å². The van der Waals surface area contributed by atoms with Gasteiger partial charge in [-0.3, -0.25) is 14.9 Å². The molecule has 0 bridgehead atoms. The summed E-state index contributed by atoms with van der Waals surface area (Å²) < 4.78 is 5.00. The number of esters is 1. The first kappa shape index (κ1) is 21.1. The third-order valence-electron chi connectivity index (χ3n) is 3.12. The number of benzene rings is 1. The molecule has 1 rings (SSSR count). The fraction of sp³-hybridized carbons (Fsp3) is 0.444. The molecule has 2 atom stereocenters. The maximum absolute atomic E-state index is 12.0. The molecule has 0 aliphatic heterocycles. The number of rotatable bonds is 5. The fourth-order valence-corrected chi connectivity index (χ4v) is 1.84. The van der Waals surface area contributed by atoms with Crippen LogP contribution in [0.2, 0.25) is 0 Å². The van der Waals surface area contributed by atoms with E-state index in [1.807, 2.05) is 0 Å². The molecule has 0 aliphatic rings. The van der Waals surface area contributed by atoms with E-state index in [0.717, 1.165) is 0 Å². The summed E-state index contributed by atoms with van der Waals surface area (Å²) in [5.74, 6) is -1.98. The maximum atomic E-state index is 12.0. The van der Waals surface area contributed by atoms with Gasteiger partial charge in [-0.05, 0) is 46.8 Å². The lowest BCUT2D eigenvalue weighted by atomic mass is 10.1. The first-order valence-corrected chi connectivity index (χ1v) is 8.19. The molecular formula is C18H25N3O5. The van der Waals surface area contributed by atoms with Gasteiger partial charge < -0.3 is 15.4 Å². The number of amides is 4. The van der Waals surface area contributed by atoms with Gasteiger partial charge in [0.25, 0.3) is 11.8 Å². The molecular weight excluding hydrogens is 338 g/mol. The zero-order valence-corrected chi connectivity index (χ0v) is 15.6. The van der Waals surface area contributed by atoms with E-state index < -0.39 is 41.5 Å². The number of carbonyl (C=O) groups excluding carboxylic acids is 4. The Bertz CT molecular complexity index is 667. The predicted molar refractivity (Wildman–Crippen MR) is 95.4 cm³/mol.